The maximum absolute atomic E-state index is 11.8. The van der Waals surface area contributed by atoms with Crippen LogP contribution in [-0.4, -0.2) is 18.5 Å². The molecule has 22 heavy (non-hydrogen) atoms. The minimum Gasteiger partial charge on any atom is -0.452 e. The lowest BCUT2D eigenvalue weighted by Gasteiger charge is -2.08. The highest BCUT2D eigenvalue weighted by Crippen LogP contribution is 2.22. The van der Waals surface area contributed by atoms with Gasteiger partial charge in [-0.05, 0) is 48.9 Å². The average molecular weight is 319 g/mol. The maximum atomic E-state index is 11.8. The third kappa shape index (κ3) is 4.23. The van der Waals surface area contributed by atoms with Crippen LogP contribution in [0.25, 0.3) is 0 Å². The first-order chi connectivity index (χ1) is 10.5. The van der Waals surface area contributed by atoms with Gasteiger partial charge in [0.2, 0.25) is 0 Å². The summed E-state index contributed by atoms with van der Waals surface area (Å²) in [6.45, 7) is 1.50. The number of aryl methyl sites for hydroxylation is 1. The van der Waals surface area contributed by atoms with Crippen molar-refractivity contribution in [3.8, 4) is 0 Å². The SMILES string of the molecule is Cc1ccc(NC(=O)COC(=O)c2ccc(N)cc2)c(Cl)c1. The number of hydrogen-bond acceptors (Lipinski definition) is 4. The Hall–Kier alpha value is -2.53. The molecule has 0 saturated carbocycles. The van der Waals surface area contributed by atoms with Gasteiger partial charge in [0.25, 0.3) is 5.91 Å². The Kier molecular flexibility index (Phi) is 5.01. The zero-order valence-corrected chi connectivity index (χ0v) is 12.7. The van der Waals surface area contributed by atoms with Crippen LogP contribution >= 0.6 is 11.6 Å². The van der Waals surface area contributed by atoms with Crippen LogP contribution in [0, 0.1) is 6.92 Å². The Balaban J connectivity index is 1.89. The van der Waals surface area contributed by atoms with Crippen LogP contribution in [0.4, 0.5) is 11.4 Å². The Morgan fingerprint density at radius 2 is 1.86 bits per heavy atom. The van der Waals surface area contributed by atoms with Crippen molar-refractivity contribution >= 4 is 34.9 Å². The van der Waals surface area contributed by atoms with Crippen molar-refractivity contribution in [2.45, 2.75) is 6.92 Å². The molecular formula is C16H15ClN2O3. The molecule has 2 aromatic carbocycles. The first-order valence-electron chi connectivity index (χ1n) is 6.54. The van der Waals surface area contributed by atoms with Gasteiger partial charge >= 0.3 is 5.97 Å². The van der Waals surface area contributed by atoms with E-state index in [-0.39, 0.29) is 0 Å². The second-order valence-corrected chi connectivity index (χ2v) is 5.14. The van der Waals surface area contributed by atoms with Gasteiger partial charge in [-0.25, -0.2) is 4.79 Å². The summed E-state index contributed by atoms with van der Waals surface area (Å²) in [5.41, 5.74) is 7.86. The molecule has 0 aliphatic rings. The molecule has 0 atom stereocenters. The topological polar surface area (TPSA) is 81.4 Å². The number of nitrogens with two attached hydrogens (primary N) is 1. The van der Waals surface area contributed by atoms with E-state index in [2.05, 4.69) is 5.32 Å². The number of halogens is 1. The summed E-state index contributed by atoms with van der Waals surface area (Å²) in [5, 5.41) is 3.01. The van der Waals surface area contributed by atoms with Gasteiger partial charge in [-0.3, -0.25) is 4.79 Å². The van der Waals surface area contributed by atoms with Crippen LogP contribution in [0.1, 0.15) is 15.9 Å². The number of hydrogen-bond donors (Lipinski definition) is 2. The van der Waals surface area contributed by atoms with Gasteiger partial charge < -0.3 is 15.8 Å². The van der Waals surface area contributed by atoms with Gasteiger partial charge in [0.05, 0.1) is 16.3 Å². The number of nitrogen functional groups attached to an aromatic ring is 1. The maximum Gasteiger partial charge on any atom is 0.338 e. The van der Waals surface area contributed by atoms with Crippen LogP contribution in [-0.2, 0) is 9.53 Å². The number of benzene rings is 2. The minimum atomic E-state index is -0.592. The number of carbonyl (C=O) groups excluding carboxylic acids is 2. The Morgan fingerprint density at radius 1 is 1.18 bits per heavy atom. The summed E-state index contributed by atoms with van der Waals surface area (Å²) < 4.78 is 4.93. The average Bonchev–Trinajstić information content (AvgIpc) is 2.48. The van der Waals surface area contributed by atoms with E-state index in [1.807, 2.05) is 13.0 Å². The number of amides is 1. The number of rotatable bonds is 4. The molecule has 2 rings (SSSR count). The first kappa shape index (κ1) is 15.9. The fourth-order valence-corrected chi connectivity index (χ4v) is 2.02. The van der Waals surface area contributed by atoms with E-state index in [0.717, 1.165) is 5.56 Å². The molecule has 0 saturated heterocycles. The fourth-order valence-electron chi connectivity index (χ4n) is 1.74. The van der Waals surface area contributed by atoms with Crippen LogP contribution in [0.2, 0.25) is 5.02 Å². The predicted molar refractivity (Wildman–Crippen MR) is 86.0 cm³/mol. The number of nitrogens with one attached hydrogen (secondary N) is 1. The van der Waals surface area contributed by atoms with E-state index >= 15 is 0 Å². The van der Waals surface area contributed by atoms with E-state index in [1.165, 1.54) is 12.1 Å². The van der Waals surface area contributed by atoms with Crippen LogP contribution in [0.15, 0.2) is 42.5 Å². The molecule has 3 N–H and O–H groups in total. The number of ether oxygens (including phenoxy) is 1. The molecule has 0 radical (unpaired) electrons. The molecule has 6 heteroatoms. The monoisotopic (exact) mass is 318 g/mol. The molecule has 0 aromatic heterocycles. The van der Waals surface area contributed by atoms with Crippen molar-refractivity contribution in [1.82, 2.24) is 0 Å². The summed E-state index contributed by atoms with van der Waals surface area (Å²) >= 11 is 6.01. The number of carbonyl (C=O) groups is 2. The number of anilines is 2. The predicted octanol–water partition coefficient (Wildman–Crippen LogP) is 3.03. The summed E-state index contributed by atoms with van der Waals surface area (Å²) in [6.07, 6.45) is 0. The van der Waals surface area contributed by atoms with E-state index in [0.29, 0.717) is 22.0 Å². The molecular weight excluding hydrogens is 304 g/mol. The Morgan fingerprint density at radius 3 is 2.50 bits per heavy atom. The highest BCUT2D eigenvalue weighted by atomic mass is 35.5. The summed E-state index contributed by atoms with van der Waals surface area (Å²) in [7, 11) is 0. The van der Waals surface area contributed by atoms with Crippen LogP contribution in [0.3, 0.4) is 0 Å². The van der Waals surface area contributed by atoms with E-state index < -0.39 is 18.5 Å². The number of esters is 1. The standard InChI is InChI=1S/C16H15ClN2O3/c1-10-2-7-14(13(17)8-10)19-15(20)9-22-16(21)11-3-5-12(18)6-4-11/h2-8H,9,18H2,1H3,(H,19,20). The van der Waals surface area contributed by atoms with Crippen LogP contribution < -0.4 is 11.1 Å². The molecule has 0 fully saturated rings. The highest BCUT2D eigenvalue weighted by Gasteiger charge is 2.11. The fraction of sp³-hybridized carbons (Fsp3) is 0.125. The zero-order chi connectivity index (χ0) is 16.1. The lowest BCUT2D eigenvalue weighted by Crippen LogP contribution is -2.21. The van der Waals surface area contributed by atoms with Gasteiger partial charge in [-0.1, -0.05) is 17.7 Å². The van der Waals surface area contributed by atoms with Gasteiger partial charge in [0.15, 0.2) is 6.61 Å². The Bertz CT molecular complexity index is 699. The molecule has 0 aliphatic carbocycles. The third-order valence-corrected chi connectivity index (χ3v) is 3.19. The van der Waals surface area contributed by atoms with E-state index in [4.69, 9.17) is 22.1 Å². The molecule has 1 amide bonds. The molecule has 0 bridgehead atoms. The summed E-state index contributed by atoms with van der Waals surface area (Å²) in [5.74, 6) is -1.06. The normalized spacial score (nSPS) is 10.1. The smallest absolute Gasteiger partial charge is 0.338 e. The molecule has 0 unspecified atom stereocenters. The molecule has 114 valence electrons. The lowest BCUT2D eigenvalue weighted by molar-refractivity contribution is -0.119. The van der Waals surface area contributed by atoms with Gasteiger partial charge in [-0.15, -0.1) is 0 Å². The van der Waals surface area contributed by atoms with Crippen molar-refractivity contribution < 1.29 is 14.3 Å². The zero-order valence-electron chi connectivity index (χ0n) is 11.9. The van der Waals surface area contributed by atoms with Gasteiger partial charge in [-0.2, -0.15) is 0 Å². The largest absolute Gasteiger partial charge is 0.452 e. The molecule has 0 spiro atoms. The first-order valence-corrected chi connectivity index (χ1v) is 6.92. The van der Waals surface area contributed by atoms with Crippen molar-refractivity contribution in [1.29, 1.82) is 0 Å². The van der Waals surface area contributed by atoms with Gasteiger partial charge in [0.1, 0.15) is 0 Å². The lowest BCUT2D eigenvalue weighted by atomic mass is 10.2. The second kappa shape index (κ2) is 6.95. The quantitative estimate of drug-likeness (QED) is 0.670. The molecule has 0 heterocycles. The van der Waals surface area contributed by atoms with Crippen molar-refractivity contribution in [2.75, 3.05) is 17.7 Å². The van der Waals surface area contributed by atoms with Crippen molar-refractivity contribution in [2.24, 2.45) is 0 Å². The second-order valence-electron chi connectivity index (χ2n) is 4.73. The Labute approximate surface area is 133 Å². The van der Waals surface area contributed by atoms with E-state index in [9.17, 15) is 9.59 Å². The third-order valence-electron chi connectivity index (χ3n) is 2.88. The summed E-state index contributed by atoms with van der Waals surface area (Å²) in [6, 6.07) is 11.5. The highest BCUT2D eigenvalue weighted by molar-refractivity contribution is 6.33. The molecule has 2 aromatic rings. The molecule has 5 nitrogen and oxygen atoms in total. The van der Waals surface area contributed by atoms with E-state index in [1.54, 1.807) is 24.3 Å². The minimum absolute atomic E-state index is 0.329. The molecule has 0 aliphatic heterocycles. The van der Waals surface area contributed by atoms with Crippen LogP contribution in [0.5, 0.6) is 0 Å². The summed E-state index contributed by atoms with van der Waals surface area (Å²) in [4.78, 5) is 23.5. The van der Waals surface area contributed by atoms with Crippen molar-refractivity contribution in [3.05, 3.63) is 58.6 Å². The van der Waals surface area contributed by atoms with Crippen molar-refractivity contribution in [3.63, 3.8) is 0 Å². The van der Waals surface area contributed by atoms with Gasteiger partial charge in [0, 0.05) is 5.69 Å².